The van der Waals surface area contributed by atoms with Gasteiger partial charge >= 0.3 is 6.03 Å². The summed E-state index contributed by atoms with van der Waals surface area (Å²) >= 11 is 0. The number of hydrogen-bond donors (Lipinski definition) is 1. The van der Waals surface area contributed by atoms with Crippen LogP contribution in [0.2, 0.25) is 0 Å². The van der Waals surface area contributed by atoms with E-state index < -0.39 is 0 Å². The van der Waals surface area contributed by atoms with E-state index in [0.29, 0.717) is 24.7 Å². The zero-order valence-corrected chi connectivity index (χ0v) is 16.9. The highest BCUT2D eigenvalue weighted by atomic mass is 16.5. The molecule has 1 aromatic carbocycles. The van der Waals surface area contributed by atoms with E-state index in [0.717, 1.165) is 29.7 Å². The van der Waals surface area contributed by atoms with Gasteiger partial charge in [0.25, 0.3) is 0 Å². The van der Waals surface area contributed by atoms with Crippen LogP contribution >= 0.6 is 0 Å². The van der Waals surface area contributed by atoms with Gasteiger partial charge in [0.15, 0.2) is 0 Å². The molecule has 2 amide bonds. The van der Waals surface area contributed by atoms with E-state index in [1.807, 2.05) is 48.2 Å². The van der Waals surface area contributed by atoms with Crippen LogP contribution in [0.3, 0.4) is 0 Å². The highest BCUT2D eigenvalue weighted by Gasteiger charge is 2.19. The summed E-state index contributed by atoms with van der Waals surface area (Å²) in [5, 5.41) is 2.89. The Morgan fingerprint density at radius 2 is 1.97 bits per heavy atom. The van der Waals surface area contributed by atoms with Gasteiger partial charge in [0.1, 0.15) is 5.75 Å². The van der Waals surface area contributed by atoms with Crippen LogP contribution in [0.5, 0.6) is 11.6 Å². The summed E-state index contributed by atoms with van der Waals surface area (Å²) in [4.78, 5) is 22.5. The first-order valence-corrected chi connectivity index (χ1v) is 10.0. The molecule has 0 bridgehead atoms. The van der Waals surface area contributed by atoms with Crippen molar-refractivity contribution in [2.24, 2.45) is 0 Å². The second-order valence-electron chi connectivity index (χ2n) is 7.31. The SMILES string of the molecule is Cc1ccnc(Oc2cccc(C=C3CCN(C(=O)Nc4cccnc4)CC3)c2)c1. The van der Waals surface area contributed by atoms with Gasteiger partial charge in [-0.25, -0.2) is 9.78 Å². The number of carbonyl (C=O) groups is 1. The van der Waals surface area contributed by atoms with Gasteiger partial charge in [-0.3, -0.25) is 4.98 Å². The number of anilines is 1. The minimum absolute atomic E-state index is 0.0805. The maximum absolute atomic E-state index is 12.4. The summed E-state index contributed by atoms with van der Waals surface area (Å²) in [6, 6.07) is 15.4. The van der Waals surface area contributed by atoms with Gasteiger partial charge in [-0.1, -0.05) is 23.8 Å². The highest BCUT2D eigenvalue weighted by molar-refractivity contribution is 5.89. The Balaban J connectivity index is 1.35. The number of pyridine rings is 2. The Labute approximate surface area is 176 Å². The summed E-state index contributed by atoms with van der Waals surface area (Å²) in [5.74, 6) is 1.35. The van der Waals surface area contributed by atoms with Crippen molar-refractivity contribution in [3.63, 3.8) is 0 Å². The average molecular weight is 400 g/mol. The summed E-state index contributed by atoms with van der Waals surface area (Å²) in [5.41, 5.74) is 4.23. The van der Waals surface area contributed by atoms with Crippen LogP contribution in [0.1, 0.15) is 24.0 Å². The normalized spacial score (nSPS) is 13.6. The number of nitrogens with one attached hydrogen (secondary N) is 1. The van der Waals surface area contributed by atoms with Gasteiger partial charge in [0.2, 0.25) is 5.88 Å². The predicted octanol–water partition coefficient (Wildman–Crippen LogP) is 5.29. The summed E-state index contributed by atoms with van der Waals surface area (Å²) < 4.78 is 5.89. The van der Waals surface area contributed by atoms with E-state index in [1.165, 1.54) is 5.57 Å². The van der Waals surface area contributed by atoms with Crippen molar-refractivity contribution in [2.75, 3.05) is 18.4 Å². The molecule has 0 aliphatic carbocycles. The fourth-order valence-corrected chi connectivity index (χ4v) is 3.37. The molecule has 1 aliphatic heterocycles. The van der Waals surface area contributed by atoms with Crippen molar-refractivity contribution in [3.8, 4) is 11.6 Å². The monoisotopic (exact) mass is 400 g/mol. The molecule has 6 nitrogen and oxygen atoms in total. The van der Waals surface area contributed by atoms with Crippen molar-refractivity contribution >= 4 is 17.8 Å². The lowest BCUT2D eigenvalue weighted by molar-refractivity contribution is 0.208. The van der Waals surface area contributed by atoms with E-state index in [2.05, 4.69) is 27.4 Å². The fourth-order valence-electron chi connectivity index (χ4n) is 3.37. The zero-order chi connectivity index (χ0) is 20.8. The molecule has 6 heteroatoms. The molecule has 1 aliphatic rings. The number of aryl methyl sites for hydroxylation is 1. The maximum atomic E-state index is 12.4. The van der Waals surface area contributed by atoms with Crippen molar-refractivity contribution in [3.05, 3.63) is 83.8 Å². The number of ether oxygens (including phenoxy) is 1. The van der Waals surface area contributed by atoms with E-state index in [9.17, 15) is 4.79 Å². The fraction of sp³-hybridized carbons (Fsp3) is 0.208. The van der Waals surface area contributed by atoms with Crippen LogP contribution in [0.25, 0.3) is 6.08 Å². The molecule has 1 N–H and O–H groups in total. The largest absolute Gasteiger partial charge is 0.439 e. The number of rotatable bonds is 4. The van der Waals surface area contributed by atoms with Gasteiger partial charge in [0, 0.05) is 31.5 Å². The maximum Gasteiger partial charge on any atom is 0.321 e. The van der Waals surface area contributed by atoms with Gasteiger partial charge in [-0.15, -0.1) is 0 Å². The number of aromatic nitrogens is 2. The first-order valence-electron chi connectivity index (χ1n) is 10.0. The Morgan fingerprint density at radius 3 is 2.73 bits per heavy atom. The van der Waals surface area contributed by atoms with E-state index in [1.54, 1.807) is 24.7 Å². The minimum atomic E-state index is -0.0805. The quantitative estimate of drug-likeness (QED) is 0.646. The average Bonchev–Trinajstić information content (AvgIpc) is 2.75. The van der Waals surface area contributed by atoms with E-state index >= 15 is 0 Å². The minimum Gasteiger partial charge on any atom is -0.439 e. The molecule has 4 rings (SSSR count). The Morgan fingerprint density at radius 1 is 1.10 bits per heavy atom. The Bertz CT molecular complexity index is 1040. The lowest BCUT2D eigenvalue weighted by Crippen LogP contribution is -2.39. The molecule has 3 aromatic rings. The first-order chi connectivity index (χ1) is 14.7. The molecule has 30 heavy (non-hydrogen) atoms. The lowest BCUT2D eigenvalue weighted by Gasteiger charge is -2.28. The van der Waals surface area contributed by atoms with Crippen LogP contribution in [-0.2, 0) is 0 Å². The second-order valence-corrected chi connectivity index (χ2v) is 7.31. The van der Waals surface area contributed by atoms with Crippen LogP contribution in [-0.4, -0.2) is 34.0 Å². The molecule has 0 radical (unpaired) electrons. The first kappa shape index (κ1) is 19.6. The number of nitrogens with zero attached hydrogens (tertiary/aromatic N) is 3. The van der Waals surface area contributed by atoms with E-state index in [-0.39, 0.29) is 6.03 Å². The van der Waals surface area contributed by atoms with Crippen LogP contribution in [0, 0.1) is 6.92 Å². The molecule has 2 aromatic heterocycles. The molecule has 3 heterocycles. The summed E-state index contributed by atoms with van der Waals surface area (Å²) in [6.45, 7) is 3.40. The Kier molecular flexibility index (Phi) is 6.03. The van der Waals surface area contributed by atoms with Crippen molar-refractivity contribution in [2.45, 2.75) is 19.8 Å². The van der Waals surface area contributed by atoms with Gasteiger partial charge in [-0.2, -0.15) is 0 Å². The topological polar surface area (TPSA) is 67.3 Å². The molecule has 1 fully saturated rings. The van der Waals surface area contributed by atoms with Gasteiger partial charge < -0.3 is 15.0 Å². The number of benzene rings is 1. The van der Waals surface area contributed by atoms with Crippen molar-refractivity contribution < 1.29 is 9.53 Å². The van der Waals surface area contributed by atoms with Gasteiger partial charge in [-0.05, 0) is 61.2 Å². The molecule has 152 valence electrons. The number of amides is 2. The second kappa shape index (κ2) is 9.22. The highest BCUT2D eigenvalue weighted by Crippen LogP contribution is 2.25. The van der Waals surface area contributed by atoms with Crippen LogP contribution in [0.4, 0.5) is 10.5 Å². The standard InChI is InChI=1S/C24H24N4O2/c1-18-7-11-26-23(14-18)30-22-6-2-4-20(16-22)15-19-8-12-28(13-9-19)24(29)27-21-5-3-10-25-17-21/h2-7,10-11,14-17H,8-9,12-13H2,1H3,(H,27,29). The van der Waals surface area contributed by atoms with Gasteiger partial charge in [0.05, 0.1) is 11.9 Å². The lowest BCUT2D eigenvalue weighted by atomic mass is 10.0. The number of carbonyl (C=O) groups excluding carboxylic acids is 1. The molecular formula is C24H24N4O2. The molecule has 0 saturated carbocycles. The predicted molar refractivity (Wildman–Crippen MR) is 118 cm³/mol. The number of likely N-dealkylation sites (tertiary alicyclic amines) is 1. The zero-order valence-electron chi connectivity index (χ0n) is 16.9. The number of piperidine rings is 1. The summed E-state index contributed by atoms with van der Waals surface area (Å²) in [7, 11) is 0. The number of hydrogen-bond acceptors (Lipinski definition) is 4. The molecule has 0 spiro atoms. The van der Waals surface area contributed by atoms with Crippen LogP contribution in [0.15, 0.2) is 72.7 Å². The third-order valence-corrected chi connectivity index (χ3v) is 4.95. The smallest absolute Gasteiger partial charge is 0.321 e. The number of urea groups is 1. The molecule has 0 atom stereocenters. The van der Waals surface area contributed by atoms with Crippen molar-refractivity contribution in [1.29, 1.82) is 0 Å². The van der Waals surface area contributed by atoms with Crippen molar-refractivity contribution in [1.82, 2.24) is 14.9 Å². The van der Waals surface area contributed by atoms with Crippen LogP contribution < -0.4 is 10.1 Å². The molecular weight excluding hydrogens is 376 g/mol. The molecule has 1 saturated heterocycles. The Hall–Kier alpha value is -3.67. The van der Waals surface area contributed by atoms with E-state index in [4.69, 9.17) is 4.74 Å². The summed E-state index contributed by atoms with van der Waals surface area (Å²) in [6.07, 6.45) is 8.97. The third kappa shape index (κ3) is 5.23. The third-order valence-electron chi connectivity index (χ3n) is 4.95. The molecule has 0 unspecified atom stereocenters.